The number of hydrogen-bond donors (Lipinski definition) is 2. The molecule has 0 saturated heterocycles. The molecule has 0 bridgehead atoms. The van der Waals surface area contributed by atoms with Crippen molar-refractivity contribution in [3.05, 3.63) is 33.8 Å². The maximum Gasteiger partial charge on any atom is 0.323 e. The minimum Gasteiger partial charge on any atom is -0.480 e. The molecule has 1 aromatic rings. The first kappa shape index (κ1) is 12.3. The fraction of sp³-hybridized carbons (Fsp3) is 0.300. The second-order valence-electron chi connectivity index (χ2n) is 3.65. The van der Waals surface area contributed by atoms with Crippen LogP contribution in [0.3, 0.4) is 0 Å². The number of carboxylic acid groups (broad SMARTS) is 1. The Labute approximate surface area is 97.8 Å². The number of aliphatic carboxylic acids is 1. The van der Waals surface area contributed by atoms with Crippen LogP contribution in [0.2, 0.25) is 10.0 Å². The van der Waals surface area contributed by atoms with Crippen molar-refractivity contribution in [1.29, 1.82) is 0 Å². The average molecular weight is 248 g/mol. The molecule has 1 rings (SSSR count). The third-order valence-corrected chi connectivity index (χ3v) is 2.78. The Hall–Kier alpha value is -0.770. The summed E-state index contributed by atoms with van der Waals surface area (Å²) in [6.45, 7) is 1.46. The molecule has 0 aliphatic carbocycles. The van der Waals surface area contributed by atoms with Crippen LogP contribution < -0.4 is 5.73 Å². The van der Waals surface area contributed by atoms with Gasteiger partial charge in [0.05, 0.1) is 10.0 Å². The van der Waals surface area contributed by atoms with Crippen molar-refractivity contribution in [3.8, 4) is 0 Å². The summed E-state index contributed by atoms with van der Waals surface area (Å²) in [5, 5.41) is 9.68. The van der Waals surface area contributed by atoms with Crippen molar-refractivity contribution in [1.82, 2.24) is 0 Å². The fourth-order valence-corrected chi connectivity index (χ4v) is 1.47. The average Bonchev–Trinajstić information content (AvgIpc) is 2.10. The second-order valence-corrected chi connectivity index (χ2v) is 4.46. The molecule has 3 nitrogen and oxygen atoms in total. The van der Waals surface area contributed by atoms with Gasteiger partial charge in [-0.15, -0.1) is 0 Å². The SMILES string of the molecule is CC(N)(Cc1ccc(Cl)c(Cl)c1)C(=O)O. The number of carbonyl (C=O) groups is 1. The van der Waals surface area contributed by atoms with Crippen LogP contribution in [0.15, 0.2) is 18.2 Å². The Morgan fingerprint density at radius 1 is 1.47 bits per heavy atom. The number of benzene rings is 1. The zero-order valence-electron chi connectivity index (χ0n) is 8.13. The maximum absolute atomic E-state index is 10.8. The van der Waals surface area contributed by atoms with E-state index in [1.165, 1.54) is 6.92 Å². The zero-order valence-corrected chi connectivity index (χ0v) is 9.64. The first-order chi connectivity index (χ1) is 6.83. The molecule has 1 unspecified atom stereocenters. The summed E-state index contributed by atoms with van der Waals surface area (Å²) in [7, 11) is 0. The van der Waals surface area contributed by atoms with Crippen molar-refractivity contribution in [2.75, 3.05) is 0 Å². The number of carboxylic acids is 1. The highest BCUT2D eigenvalue weighted by Crippen LogP contribution is 2.24. The quantitative estimate of drug-likeness (QED) is 0.862. The molecule has 0 amide bonds. The molecule has 0 aliphatic heterocycles. The number of halogens is 2. The molecule has 0 saturated carbocycles. The number of nitrogens with two attached hydrogens (primary N) is 1. The molecule has 1 aromatic carbocycles. The lowest BCUT2D eigenvalue weighted by Gasteiger charge is -2.19. The maximum atomic E-state index is 10.8. The highest BCUT2D eigenvalue weighted by atomic mass is 35.5. The summed E-state index contributed by atoms with van der Waals surface area (Å²) in [4.78, 5) is 10.8. The summed E-state index contributed by atoms with van der Waals surface area (Å²) >= 11 is 11.5. The Balaban J connectivity index is 2.91. The number of hydrogen-bond acceptors (Lipinski definition) is 2. The van der Waals surface area contributed by atoms with Crippen LogP contribution in [0.1, 0.15) is 12.5 Å². The van der Waals surface area contributed by atoms with Gasteiger partial charge in [-0.3, -0.25) is 4.79 Å². The standard InChI is InChI=1S/C10H11Cl2NO2/c1-10(13,9(14)15)5-6-2-3-7(11)8(12)4-6/h2-4H,5,13H2,1H3,(H,14,15). The first-order valence-electron chi connectivity index (χ1n) is 4.29. The molecule has 0 heterocycles. The molecule has 5 heteroatoms. The lowest BCUT2D eigenvalue weighted by molar-refractivity contribution is -0.142. The van der Waals surface area contributed by atoms with Gasteiger partial charge in [-0.25, -0.2) is 0 Å². The predicted octanol–water partition coefficient (Wildman–Crippen LogP) is 2.34. The van der Waals surface area contributed by atoms with E-state index in [0.29, 0.717) is 10.0 Å². The van der Waals surface area contributed by atoms with E-state index >= 15 is 0 Å². The van der Waals surface area contributed by atoms with Gasteiger partial charge in [-0.2, -0.15) is 0 Å². The second kappa shape index (κ2) is 4.39. The molecular formula is C10H11Cl2NO2. The van der Waals surface area contributed by atoms with Crippen molar-refractivity contribution < 1.29 is 9.90 Å². The molecule has 3 N–H and O–H groups in total. The number of rotatable bonds is 3. The molecule has 0 aromatic heterocycles. The van der Waals surface area contributed by atoms with Crippen LogP contribution >= 0.6 is 23.2 Å². The normalized spacial score (nSPS) is 14.7. The molecule has 0 radical (unpaired) electrons. The van der Waals surface area contributed by atoms with Crippen LogP contribution in [0.4, 0.5) is 0 Å². The van der Waals surface area contributed by atoms with Gasteiger partial charge in [-0.05, 0) is 24.6 Å². The summed E-state index contributed by atoms with van der Waals surface area (Å²) in [5.41, 5.74) is 5.06. The highest BCUT2D eigenvalue weighted by molar-refractivity contribution is 6.42. The van der Waals surface area contributed by atoms with Gasteiger partial charge in [0.15, 0.2) is 0 Å². The lowest BCUT2D eigenvalue weighted by atomic mass is 9.94. The van der Waals surface area contributed by atoms with Gasteiger partial charge in [0.2, 0.25) is 0 Å². The molecular weight excluding hydrogens is 237 g/mol. The van der Waals surface area contributed by atoms with Gasteiger partial charge in [-0.1, -0.05) is 29.3 Å². The molecule has 82 valence electrons. The molecule has 0 aliphatic rings. The molecule has 0 spiro atoms. The Kier molecular flexibility index (Phi) is 3.60. The van der Waals surface area contributed by atoms with Gasteiger partial charge in [0.1, 0.15) is 5.54 Å². The Bertz CT molecular complexity index is 391. The first-order valence-corrected chi connectivity index (χ1v) is 5.05. The van der Waals surface area contributed by atoms with Crippen LogP contribution in [-0.4, -0.2) is 16.6 Å². The van der Waals surface area contributed by atoms with E-state index in [1.807, 2.05) is 0 Å². The Morgan fingerprint density at radius 3 is 2.53 bits per heavy atom. The molecule has 0 fully saturated rings. The van der Waals surface area contributed by atoms with E-state index in [1.54, 1.807) is 18.2 Å². The molecule has 1 atom stereocenters. The minimum absolute atomic E-state index is 0.208. The fourth-order valence-electron chi connectivity index (χ4n) is 1.15. The van der Waals surface area contributed by atoms with Crippen LogP contribution in [0, 0.1) is 0 Å². The van der Waals surface area contributed by atoms with Gasteiger partial charge >= 0.3 is 5.97 Å². The van der Waals surface area contributed by atoms with Gasteiger partial charge in [0.25, 0.3) is 0 Å². The van der Waals surface area contributed by atoms with E-state index in [-0.39, 0.29) is 6.42 Å². The summed E-state index contributed by atoms with van der Waals surface area (Å²) < 4.78 is 0. The Morgan fingerprint density at radius 2 is 2.07 bits per heavy atom. The lowest BCUT2D eigenvalue weighted by Crippen LogP contribution is -2.46. The van der Waals surface area contributed by atoms with E-state index < -0.39 is 11.5 Å². The van der Waals surface area contributed by atoms with Crippen LogP contribution in [-0.2, 0) is 11.2 Å². The van der Waals surface area contributed by atoms with E-state index in [0.717, 1.165) is 5.56 Å². The van der Waals surface area contributed by atoms with Crippen molar-refractivity contribution >= 4 is 29.2 Å². The zero-order chi connectivity index (χ0) is 11.6. The van der Waals surface area contributed by atoms with E-state index in [4.69, 9.17) is 34.0 Å². The molecule has 15 heavy (non-hydrogen) atoms. The topological polar surface area (TPSA) is 63.3 Å². The van der Waals surface area contributed by atoms with Crippen molar-refractivity contribution in [3.63, 3.8) is 0 Å². The highest BCUT2D eigenvalue weighted by Gasteiger charge is 2.28. The third-order valence-electron chi connectivity index (χ3n) is 2.04. The summed E-state index contributed by atoms with van der Waals surface area (Å²) in [5.74, 6) is -1.05. The van der Waals surface area contributed by atoms with Crippen LogP contribution in [0.5, 0.6) is 0 Å². The monoisotopic (exact) mass is 247 g/mol. The van der Waals surface area contributed by atoms with Gasteiger partial charge < -0.3 is 10.8 Å². The smallest absolute Gasteiger partial charge is 0.323 e. The van der Waals surface area contributed by atoms with E-state index in [9.17, 15) is 4.79 Å². The van der Waals surface area contributed by atoms with E-state index in [2.05, 4.69) is 0 Å². The summed E-state index contributed by atoms with van der Waals surface area (Å²) in [6.07, 6.45) is 0.208. The third kappa shape index (κ3) is 3.09. The van der Waals surface area contributed by atoms with Crippen LogP contribution in [0.25, 0.3) is 0 Å². The van der Waals surface area contributed by atoms with Crippen molar-refractivity contribution in [2.45, 2.75) is 18.9 Å². The van der Waals surface area contributed by atoms with Crippen molar-refractivity contribution in [2.24, 2.45) is 5.73 Å². The largest absolute Gasteiger partial charge is 0.480 e. The summed E-state index contributed by atoms with van der Waals surface area (Å²) in [6, 6.07) is 4.96. The van der Waals surface area contributed by atoms with Gasteiger partial charge in [0, 0.05) is 6.42 Å². The predicted molar refractivity (Wildman–Crippen MR) is 60.4 cm³/mol. The minimum atomic E-state index is -1.29.